The summed E-state index contributed by atoms with van der Waals surface area (Å²) >= 11 is 5.87. The summed E-state index contributed by atoms with van der Waals surface area (Å²) < 4.78 is 5.71. The predicted octanol–water partition coefficient (Wildman–Crippen LogP) is 3.38. The lowest BCUT2D eigenvalue weighted by atomic mass is 9.91. The molecule has 1 N–H and O–H groups in total. The van der Waals surface area contributed by atoms with E-state index in [2.05, 4.69) is 25.8 Å². The summed E-state index contributed by atoms with van der Waals surface area (Å²) in [5.41, 5.74) is 0.170. The zero-order chi connectivity index (χ0) is 17.9. The standard InChI is InChI=1S/C17H23ClN2O4/c1-17(2,3)8-4-10-24-12-7-9-20(15(12)21)13-6-5-11(16(22)23)14(18)19-13/h5-6,12H,4,7-10H2,1-3H3,(H,22,23). The summed E-state index contributed by atoms with van der Waals surface area (Å²) in [5.74, 6) is -0.944. The average molecular weight is 355 g/mol. The van der Waals surface area contributed by atoms with Crippen LogP contribution in [0.4, 0.5) is 5.82 Å². The molecule has 0 aliphatic carbocycles. The first-order valence-electron chi connectivity index (χ1n) is 8.02. The highest BCUT2D eigenvalue weighted by molar-refractivity contribution is 6.32. The number of carboxylic acid groups (broad SMARTS) is 1. The van der Waals surface area contributed by atoms with E-state index in [1.165, 1.54) is 17.0 Å². The Kier molecular flexibility index (Phi) is 5.83. The van der Waals surface area contributed by atoms with Gasteiger partial charge in [0.25, 0.3) is 5.91 Å². The molecule has 0 bridgehead atoms. The highest BCUT2D eigenvalue weighted by Gasteiger charge is 2.34. The van der Waals surface area contributed by atoms with Gasteiger partial charge in [0, 0.05) is 19.6 Å². The van der Waals surface area contributed by atoms with Gasteiger partial charge in [-0.3, -0.25) is 9.69 Å². The summed E-state index contributed by atoms with van der Waals surface area (Å²) in [7, 11) is 0. The molecule has 2 rings (SSSR count). The number of amides is 1. The molecule has 1 aromatic heterocycles. The topological polar surface area (TPSA) is 79.7 Å². The number of pyridine rings is 1. The molecule has 6 nitrogen and oxygen atoms in total. The molecule has 1 unspecified atom stereocenters. The SMILES string of the molecule is CC(C)(C)CCCOC1CCN(c2ccc(C(=O)O)c(Cl)n2)C1=O. The largest absolute Gasteiger partial charge is 0.478 e. The van der Waals surface area contributed by atoms with Crippen LogP contribution in [0.2, 0.25) is 5.15 Å². The van der Waals surface area contributed by atoms with Crippen molar-refractivity contribution in [3.05, 3.63) is 22.8 Å². The number of carboxylic acids is 1. The Labute approximate surface area is 146 Å². The zero-order valence-electron chi connectivity index (χ0n) is 14.2. The Morgan fingerprint density at radius 1 is 1.46 bits per heavy atom. The van der Waals surface area contributed by atoms with Crippen LogP contribution in [0.15, 0.2) is 12.1 Å². The van der Waals surface area contributed by atoms with Crippen LogP contribution in [0, 0.1) is 5.41 Å². The summed E-state index contributed by atoms with van der Waals surface area (Å²) in [6.07, 6.45) is 2.06. The highest BCUT2D eigenvalue weighted by Crippen LogP contribution is 2.25. The number of nitrogens with zero attached hydrogens (tertiary/aromatic N) is 2. The van der Waals surface area contributed by atoms with Gasteiger partial charge < -0.3 is 9.84 Å². The van der Waals surface area contributed by atoms with Gasteiger partial charge in [-0.2, -0.15) is 0 Å². The molecule has 1 atom stereocenters. The minimum Gasteiger partial charge on any atom is -0.478 e. The second-order valence-corrected chi connectivity index (χ2v) is 7.47. The van der Waals surface area contributed by atoms with Gasteiger partial charge in [-0.05, 0) is 30.4 Å². The number of carbonyl (C=O) groups is 2. The molecule has 1 aliphatic heterocycles. The van der Waals surface area contributed by atoms with Crippen LogP contribution in [0.3, 0.4) is 0 Å². The van der Waals surface area contributed by atoms with Gasteiger partial charge in [0.1, 0.15) is 17.1 Å². The number of rotatable bonds is 6. The first kappa shape index (κ1) is 18.7. The first-order chi connectivity index (χ1) is 11.2. The number of aromatic carboxylic acids is 1. The molecule has 0 aromatic carbocycles. The van der Waals surface area contributed by atoms with E-state index in [1.807, 2.05) is 0 Å². The van der Waals surface area contributed by atoms with Gasteiger partial charge in [-0.25, -0.2) is 9.78 Å². The Morgan fingerprint density at radius 3 is 2.75 bits per heavy atom. The van der Waals surface area contributed by atoms with Gasteiger partial charge in [-0.15, -0.1) is 0 Å². The molecule has 0 radical (unpaired) electrons. The molecular weight excluding hydrogens is 332 g/mol. The fraction of sp³-hybridized carbons (Fsp3) is 0.588. The van der Waals surface area contributed by atoms with E-state index in [4.69, 9.17) is 21.4 Å². The maximum absolute atomic E-state index is 12.4. The van der Waals surface area contributed by atoms with Crippen LogP contribution in [0.1, 0.15) is 50.4 Å². The van der Waals surface area contributed by atoms with Crippen molar-refractivity contribution in [1.29, 1.82) is 0 Å². The van der Waals surface area contributed by atoms with E-state index in [1.54, 1.807) is 0 Å². The van der Waals surface area contributed by atoms with Crippen LogP contribution in [0.5, 0.6) is 0 Å². The van der Waals surface area contributed by atoms with Crippen molar-refractivity contribution in [1.82, 2.24) is 4.98 Å². The van der Waals surface area contributed by atoms with Crippen molar-refractivity contribution in [3.63, 3.8) is 0 Å². The molecule has 1 saturated heterocycles. The summed E-state index contributed by atoms with van der Waals surface area (Å²) in [4.78, 5) is 28.9. The van der Waals surface area contributed by atoms with E-state index in [9.17, 15) is 9.59 Å². The van der Waals surface area contributed by atoms with Crippen molar-refractivity contribution in [3.8, 4) is 0 Å². The highest BCUT2D eigenvalue weighted by atomic mass is 35.5. The number of carbonyl (C=O) groups excluding carboxylic acids is 1. The Bertz CT molecular complexity index is 628. The van der Waals surface area contributed by atoms with Crippen LogP contribution in [-0.2, 0) is 9.53 Å². The maximum atomic E-state index is 12.4. The van der Waals surface area contributed by atoms with E-state index in [0.29, 0.717) is 25.4 Å². The molecule has 1 aromatic rings. The lowest BCUT2D eigenvalue weighted by molar-refractivity contribution is -0.127. The number of aromatic nitrogens is 1. The van der Waals surface area contributed by atoms with Gasteiger partial charge in [-0.1, -0.05) is 32.4 Å². The normalized spacial score (nSPS) is 18.2. The van der Waals surface area contributed by atoms with Crippen molar-refractivity contribution in [2.75, 3.05) is 18.1 Å². The minimum atomic E-state index is -1.15. The molecule has 7 heteroatoms. The van der Waals surface area contributed by atoms with Crippen molar-refractivity contribution >= 4 is 29.3 Å². The van der Waals surface area contributed by atoms with Crippen molar-refractivity contribution in [2.45, 2.75) is 46.1 Å². The monoisotopic (exact) mass is 354 g/mol. The average Bonchev–Trinajstić information content (AvgIpc) is 2.83. The lowest BCUT2D eigenvalue weighted by Crippen LogP contribution is -2.31. The Balaban J connectivity index is 1.94. The van der Waals surface area contributed by atoms with Gasteiger partial charge in [0.2, 0.25) is 0 Å². The number of hydrogen-bond donors (Lipinski definition) is 1. The zero-order valence-corrected chi connectivity index (χ0v) is 15.0. The summed E-state index contributed by atoms with van der Waals surface area (Å²) in [5, 5.41) is 8.85. The van der Waals surface area contributed by atoms with Gasteiger partial charge >= 0.3 is 5.97 Å². The lowest BCUT2D eigenvalue weighted by Gasteiger charge is -2.19. The Morgan fingerprint density at radius 2 is 2.17 bits per heavy atom. The second kappa shape index (κ2) is 7.49. The van der Waals surface area contributed by atoms with Crippen LogP contribution < -0.4 is 4.90 Å². The van der Waals surface area contributed by atoms with Crippen LogP contribution >= 0.6 is 11.6 Å². The van der Waals surface area contributed by atoms with Crippen LogP contribution in [-0.4, -0.2) is 41.2 Å². The molecule has 0 spiro atoms. The smallest absolute Gasteiger partial charge is 0.338 e. The molecule has 2 heterocycles. The van der Waals surface area contributed by atoms with Gasteiger partial charge in [0.15, 0.2) is 0 Å². The molecular formula is C17H23ClN2O4. The Hall–Kier alpha value is -1.66. The maximum Gasteiger partial charge on any atom is 0.338 e. The fourth-order valence-electron chi connectivity index (χ4n) is 2.60. The third-order valence-electron chi connectivity index (χ3n) is 3.89. The first-order valence-corrected chi connectivity index (χ1v) is 8.39. The number of hydrogen-bond acceptors (Lipinski definition) is 4. The van der Waals surface area contributed by atoms with E-state index in [0.717, 1.165) is 12.8 Å². The van der Waals surface area contributed by atoms with E-state index < -0.39 is 12.1 Å². The molecule has 132 valence electrons. The third kappa shape index (κ3) is 4.68. The fourth-order valence-corrected chi connectivity index (χ4v) is 2.83. The number of anilines is 1. The molecule has 1 amide bonds. The molecule has 1 fully saturated rings. The minimum absolute atomic E-state index is 0.0814. The second-order valence-electron chi connectivity index (χ2n) is 7.12. The van der Waals surface area contributed by atoms with E-state index in [-0.39, 0.29) is 22.0 Å². The summed E-state index contributed by atoms with van der Waals surface area (Å²) in [6, 6.07) is 2.85. The quantitative estimate of drug-likeness (QED) is 0.625. The van der Waals surface area contributed by atoms with Crippen molar-refractivity contribution < 1.29 is 19.4 Å². The molecule has 0 saturated carbocycles. The third-order valence-corrected chi connectivity index (χ3v) is 4.18. The van der Waals surface area contributed by atoms with Crippen LogP contribution in [0.25, 0.3) is 0 Å². The van der Waals surface area contributed by atoms with Gasteiger partial charge in [0.05, 0.1) is 5.56 Å². The van der Waals surface area contributed by atoms with Crippen molar-refractivity contribution in [2.24, 2.45) is 5.41 Å². The molecule has 24 heavy (non-hydrogen) atoms. The number of halogens is 1. The predicted molar refractivity (Wildman–Crippen MR) is 91.6 cm³/mol. The molecule has 1 aliphatic rings. The van der Waals surface area contributed by atoms with E-state index >= 15 is 0 Å². The number of ether oxygens (including phenoxy) is 1. The summed E-state index contributed by atoms with van der Waals surface area (Å²) in [6.45, 7) is 7.55.